The molecule has 1 N–H and O–H groups in total. The fourth-order valence-electron chi connectivity index (χ4n) is 0.877. The van der Waals surface area contributed by atoms with E-state index in [0.29, 0.717) is 0 Å². The van der Waals surface area contributed by atoms with Gasteiger partial charge in [-0.1, -0.05) is 0 Å². The SMILES string of the molecule is Cc1cnn([C@H](C)[C@H](C)O)c1. The second kappa shape index (κ2) is 3.05. The van der Waals surface area contributed by atoms with E-state index >= 15 is 0 Å². The second-order valence-electron chi connectivity index (χ2n) is 2.98. The topological polar surface area (TPSA) is 38.0 Å². The van der Waals surface area contributed by atoms with Crippen molar-refractivity contribution >= 4 is 0 Å². The van der Waals surface area contributed by atoms with Crippen LogP contribution in [0.2, 0.25) is 0 Å². The molecule has 0 amide bonds. The summed E-state index contributed by atoms with van der Waals surface area (Å²) in [5.41, 5.74) is 1.12. The quantitative estimate of drug-likeness (QED) is 0.693. The molecule has 1 aromatic rings. The Labute approximate surface area is 66.7 Å². The number of aryl methyl sites for hydroxylation is 1. The van der Waals surface area contributed by atoms with E-state index in [1.54, 1.807) is 17.8 Å². The molecule has 1 rings (SSSR count). The molecular weight excluding hydrogens is 140 g/mol. The number of nitrogens with zero attached hydrogens (tertiary/aromatic N) is 2. The van der Waals surface area contributed by atoms with Crippen molar-refractivity contribution in [2.75, 3.05) is 0 Å². The van der Waals surface area contributed by atoms with E-state index in [1.165, 1.54) is 0 Å². The summed E-state index contributed by atoms with van der Waals surface area (Å²) in [5, 5.41) is 13.3. The maximum atomic E-state index is 9.22. The molecule has 3 heteroatoms. The lowest BCUT2D eigenvalue weighted by atomic mass is 10.2. The van der Waals surface area contributed by atoms with Gasteiger partial charge in [-0.3, -0.25) is 4.68 Å². The molecule has 0 saturated carbocycles. The first-order chi connectivity index (χ1) is 5.11. The number of aliphatic hydroxyl groups is 1. The van der Waals surface area contributed by atoms with E-state index in [4.69, 9.17) is 0 Å². The smallest absolute Gasteiger partial charge is 0.0747 e. The number of hydrogen-bond donors (Lipinski definition) is 1. The lowest BCUT2D eigenvalue weighted by molar-refractivity contribution is 0.132. The van der Waals surface area contributed by atoms with Crippen molar-refractivity contribution in [1.82, 2.24) is 9.78 Å². The predicted octanol–water partition coefficient (Wildman–Crippen LogP) is 1.13. The average molecular weight is 154 g/mol. The van der Waals surface area contributed by atoms with Crippen molar-refractivity contribution in [2.45, 2.75) is 32.9 Å². The minimum atomic E-state index is -0.353. The monoisotopic (exact) mass is 154 g/mol. The van der Waals surface area contributed by atoms with Crippen molar-refractivity contribution in [3.05, 3.63) is 18.0 Å². The Morgan fingerprint density at radius 3 is 2.55 bits per heavy atom. The third-order valence-electron chi connectivity index (χ3n) is 1.85. The highest BCUT2D eigenvalue weighted by Gasteiger charge is 2.10. The van der Waals surface area contributed by atoms with Crippen LogP contribution in [-0.2, 0) is 0 Å². The van der Waals surface area contributed by atoms with Gasteiger partial charge in [0.2, 0.25) is 0 Å². The zero-order chi connectivity index (χ0) is 8.43. The van der Waals surface area contributed by atoms with Crippen LogP contribution in [0.3, 0.4) is 0 Å². The van der Waals surface area contributed by atoms with Gasteiger partial charge < -0.3 is 5.11 Å². The molecule has 11 heavy (non-hydrogen) atoms. The Bertz CT molecular complexity index is 230. The Morgan fingerprint density at radius 2 is 2.18 bits per heavy atom. The van der Waals surface area contributed by atoms with E-state index in [-0.39, 0.29) is 12.1 Å². The van der Waals surface area contributed by atoms with Gasteiger partial charge in [-0.05, 0) is 26.3 Å². The Morgan fingerprint density at radius 1 is 1.55 bits per heavy atom. The third kappa shape index (κ3) is 1.80. The Balaban J connectivity index is 2.76. The van der Waals surface area contributed by atoms with Crippen molar-refractivity contribution in [1.29, 1.82) is 0 Å². The first kappa shape index (κ1) is 8.27. The molecule has 0 aliphatic heterocycles. The Hall–Kier alpha value is -0.830. The molecule has 0 unspecified atom stereocenters. The molecule has 1 aromatic heterocycles. The van der Waals surface area contributed by atoms with E-state index in [9.17, 15) is 5.11 Å². The second-order valence-corrected chi connectivity index (χ2v) is 2.98. The van der Waals surface area contributed by atoms with Gasteiger partial charge in [0.05, 0.1) is 18.3 Å². The minimum absolute atomic E-state index is 0.0590. The van der Waals surface area contributed by atoms with Crippen molar-refractivity contribution in [3.8, 4) is 0 Å². The molecule has 62 valence electrons. The van der Waals surface area contributed by atoms with Crippen LogP contribution in [-0.4, -0.2) is 21.0 Å². The molecule has 0 fully saturated rings. The van der Waals surface area contributed by atoms with Gasteiger partial charge in [0, 0.05) is 6.20 Å². The van der Waals surface area contributed by atoms with E-state index < -0.39 is 0 Å². The standard InChI is InChI=1S/C8H14N2O/c1-6-4-9-10(5-6)7(2)8(3)11/h4-5,7-8,11H,1-3H3/t7-,8+/m1/s1. The molecule has 0 spiro atoms. The first-order valence-corrected chi connectivity index (χ1v) is 3.80. The molecule has 2 atom stereocenters. The van der Waals surface area contributed by atoms with Crippen LogP contribution in [0.1, 0.15) is 25.5 Å². The molecular formula is C8H14N2O. The molecule has 0 saturated heterocycles. The van der Waals surface area contributed by atoms with Crippen LogP contribution in [0.5, 0.6) is 0 Å². The van der Waals surface area contributed by atoms with E-state index in [0.717, 1.165) is 5.56 Å². The van der Waals surface area contributed by atoms with Crippen LogP contribution in [0, 0.1) is 6.92 Å². The fraction of sp³-hybridized carbons (Fsp3) is 0.625. The molecule has 0 aromatic carbocycles. The van der Waals surface area contributed by atoms with Gasteiger partial charge in [-0.2, -0.15) is 5.10 Å². The number of rotatable bonds is 2. The molecule has 1 heterocycles. The molecule has 0 aliphatic carbocycles. The molecule has 0 radical (unpaired) electrons. The maximum Gasteiger partial charge on any atom is 0.0747 e. The van der Waals surface area contributed by atoms with Gasteiger partial charge in [-0.25, -0.2) is 0 Å². The van der Waals surface area contributed by atoms with Crippen LogP contribution >= 0.6 is 0 Å². The van der Waals surface area contributed by atoms with Crippen molar-refractivity contribution in [3.63, 3.8) is 0 Å². The Kier molecular flexibility index (Phi) is 2.29. The maximum absolute atomic E-state index is 9.22. The highest BCUT2D eigenvalue weighted by molar-refractivity contribution is 5.00. The predicted molar refractivity (Wildman–Crippen MR) is 43.4 cm³/mol. The first-order valence-electron chi connectivity index (χ1n) is 3.80. The van der Waals surface area contributed by atoms with Crippen LogP contribution < -0.4 is 0 Å². The van der Waals surface area contributed by atoms with Crippen LogP contribution in [0.25, 0.3) is 0 Å². The molecule has 0 aliphatic rings. The van der Waals surface area contributed by atoms with E-state index in [1.807, 2.05) is 20.0 Å². The van der Waals surface area contributed by atoms with Crippen LogP contribution in [0.4, 0.5) is 0 Å². The summed E-state index contributed by atoms with van der Waals surface area (Å²) in [6.07, 6.45) is 3.37. The summed E-state index contributed by atoms with van der Waals surface area (Å²) in [4.78, 5) is 0. The lowest BCUT2D eigenvalue weighted by Crippen LogP contribution is -2.18. The number of hydrogen-bond acceptors (Lipinski definition) is 2. The third-order valence-corrected chi connectivity index (χ3v) is 1.85. The average Bonchev–Trinajstić information content (AvgIpc) is 2.34. The zero-order valence-electron chi connectivity index (χ0n) is 7.15. The van der Waals surface area contributed by atoms with Crippen LogP contribution in [0.15, 0.2) is 12.4 Å². The van der Waals surface area contributed by atoms with Crippen molar-refractivity contribution < 1.29 is 5.11 Å². The summed E-state index contributed by atoms with van der Waals surface area (Å²) >= 11 is 0. The summed E-state index contributed by atoms with van der Waals surface area (Å²) < 4.78 is 1.78. The molecule has 3 nitrogen and oxygen atoms in total. The van der Waals surface area contributed by atoms with Gasteiger partial charge in [-0.15, -0.1) is 0 Å². The minimum Gasteiger partial charge on any atom is -0.391 e. The summed E-state index contributed by atoms with van der Waals surface area (Å²) in [7, 11) is 0. The lowest BCUT2D eigenvalue weighted by Gasteiger charge is -2.14. The van der Waals surface area contributed by atoms with Crippen molar-refractivity contribution in [2.24, 2.45) is 0 Å². The zero-order valence-corrected chi connectivity index (χ0v) is 7.15. The largest absolute Gasteiger partial charge is 0.391 e. The highest BCUT2D eigenvalue weighted by Crippen LogP contribution is 2.09. The normalized spacial score (nSPS) is 16.4. The fourth-order valence-corrected chi connectivity index (χ4v) is 0.877. The summed E-state index contributed by atoms with van der Waals surface area (Å²) in [5.74, 6) is 0. The van der Waals surface area contributed by atoms with Gasteiger partial charge in [0.1, 0.15) is 0 Å². The van der Waals surface area contributed by atoms with E-state index in [2.05, 4.69) is 5.10 Å². The summed E-state index contributed by atoms with van der Waals surface area (Å²) in [6, 6.07) is 0.0590. The highest BCUT2D eigenvalue weighted by atomic mass is 16.3. The van der Waals surface area contributed by atoms with Gasteiger partial charge in [0.25, 0.3) is 0 Å². The molecule has 0 bridgehead atoms. The number of aromatic nitrogens is 2. The van der Waals surface area contributed by atoms with Gasteiger partial charge >= 0.3 is 0 Å². The van der Waals surface area contributed by atoms with Gasteiger partial charge in [0.15, 0.2) is 0 Å². The number of aliphatic hydroxyl groups excluding tert-OH is 1. The summed E-state index contributed by atoms with van der Waals surface area (Å²) in [6.45, 7) is 5.69.